The number of ether oxygens (including phenoxy) is 9. The summed E-state index contributed by atoms with van der Waals surface area (Å²) in [7, 11) is 0. The van der Waals surface area contributed by atoms with Gasteiger partial charge in [0.05, 0.1) is 38.6 Å². The number of hydrogen-bond donors (Lipinski definition) is 15. The minimum atomic E-state index is -2.08. The van der Waals surface area contributed by atoms with Gasteiger partial charge in [-0.15, -0.1) is 0 Å². The number of carbonyl (C=O) groups is 1. The van der Waals surface area contributed by atoms with Crippen molar-refractivity contribution in [3.05, 3.63) is 0 Å². The average Bonchev–Trinajstić information content (AvgIpc) is 3.17. The van der Waals surface area contributed by atoms with E-state index in [0.717, 1.165) is 6.92 Å². The van der Waals surface area contributed by atoms with Crippen LogP contribution in [-0.4, -0.2) is 251 Å². The molecule has 0 aromatic rings. The van der Waals surface area contributed by atoms with E-state index in [0.29, 0.717) is 0 Å². The molecule has 5 aliphatic heterocycles. The summed E-state index contributed by atoms with van der Waals surface area (Å²) >= 11 is 0. The van der Waals surface area contributed by atoms with Crippen LogP contribution < -0.4 is 5.32 Å². The minimum Gasteiger partial charge on any atom is -0.394 e. The number of amides is 1. The Hall–Kier alpha value is -1.45. The first-order valence-electron chi connectivity index (χ1n) is 18.4. The summed E-state index contributed by atoms with van der Waals surface area (Å²) < 4.78 is 51.1. The third-order valence-corrected chi connectivity index (χ3v) is 10.6. The van der Waals surface area contributed by atoms with E-state index in [1.807, 2.05) is 0 Å². The van der Waals surface area contributed by atoms with Crippen LogP contribution in [0.3, 0.4) is 0 Å². The lowest BCUT2D eigenvalue weighted by molar-refractivity contribution is -0.404. The molecule has 25 heteroatoms. The lowest BCUT2D eigenvalue weighted by atomic mass is 9.95. The van der Waals surface area contributed by atoms with E-state index in [9.17, 15) is 76.3 Å². The summed E-state index contributed by atoms with van der Waals surface area (Å²) in [6.45, 7) is -1.04. The molecule has 0 aromatic heterocycles. The SMILES string of the molecule is CC(=O)N[C@@H]1[C@@H](O[C@@H]2O[C@H](CO)[C@@H](O)[C@H](O)[C@@H]2O[C@H]2O[C@H](CO)[C@@H](O)[C@H](O)[C@@H]2O[C@H]2O[C@H](CO)[C@@H](O)[C@H](O[C@H]3O[C@H](C)[C@H](O)C[C@H]3O)[C@@H]2O)[C@@H](O)[C@@H](CO)O[C@@H]1O. The number of carbonyl (C=O) groups excluding carboxylic acids is 1. The molecule has 5 aliphatic rings. The topological polar surface area (TPSA) is 395 Å². The van der Waals surface area contributed by atoms with Gasteiger partial charge >= 0.3 is 0 Å². The van der Waals surface area contributed by atoms with Crippen molar-refractivity contribution in [2.24, 2.45) is 0 Å². The average molecular weight is 838 g/mol. The van der Waals surface area contributed by atoms with E-state index in [1.54, 1.807) is 0 Å². The second kappa shape index (κ2) is 19.9. The Kier molecular flexibility index (Phi) is 16.3. The van der Waals surface area contributed by atoms with Crippen molar-refractivity contribution in [1.29, 1.82) is 0 Å². The molecule has 15 N–H and O–H groups in total. The Morgan fingerprint density at radius 3 is 1.44 bits per heavy atom. The number of nitrogens with one attached hydrogen (secondary N) is 1. The second-order valence-electron chi connectivity index (χ2n) is 14.6. The molecule has 0 aliphatic carbocycles. The van der Waals surface area contributed by atoms with E-state index in [1.165, 1.54) is 6.92 Å². The predicted molar refractivity (Wildman–Crippen MR) is 175 cm³/mol. The maximum absolute atomic E-state index is 12.0. The van der Waals surface area contributed by atoms with Crippen LogP contribution in [0.15, 0.2) is 0 Å². The van der Waals surface area contributed by atoms with Crippen LogP contribution in [0.25, 0.3) is 0 Å². The molecule has 0 saturated carbocycles. The van der Waals surface area contributed by atoms with E-state index in [-0.39, 0.29) is 6.42 Å². The molecule has 332 valence electrons. The van der Waals surface area contributed by atoms with Gasteiger partial charge in [-0.3, -0.25) is 4.79 Å². The van der Waals surface area contributed by atoms with Crippen LogP contribution in [0.4, 0.5) is 0 Å². The Morgan fingerprint density at radius 2 is 0.930 bits per heavy atom. The number of rotatable bonds is 13. The third kappa shape index (κ3) is 10.0. The molecule has 24 atom stereocenters. The van der Waals surface area contributed by atoms with Crippen molar-refractivity contribution in [1.82, 2.24) is 5.32 Å². The zero-order valence-electron chi connectivity index (χ0n) is 30.7. The monoisotopic (exact) mass is 837 g/mol. The molecule has 0 bridgehead atoms. The van der Waals surface area contributed by atoms with Gasteiger partial charge in [-0.25, -0.2) is 0 Å². The normalized spacial score (nSPS) is 51.0. The highest BCUT2D eigenvalue weighted by molar-refractivity contribution is 5.73. The van der Waals surface area contributed by atoms with Gasteiger partial charge in [-0.2, -0.15) is 0 Å². The van der Waals surface area contributed by atoms with Gasteiger partial charge in [-0.1, -0.05) is 0 Å². The second-order valence-corrected chi connectivity index (χ2v) is 14.6. The predicted octanol–water partition coefficient (Wildman–Crippen LogP) is -9.72. The van der Waals surface area contributed by atoms with Crippen LogP contribution >= 0.6 is 0 Å². The van der Waals surface area contributed by atoms with Gasteiger partial charge in [-0.05, 0) is 6.92 Å². The summed E-state index contributed by atoms with van der Waals surface area (Å²) in [5.41, 5.74) is 0. The van der Waals surface area contributed by atoms with Crippen molar-refractivity contribution in [3.63, 3.8) is 0 Å². The number of hydrogen-bond acceptors (Lipinski definition) is 24. The maximum Gasteiger partial charge on any atom is 0.217 e. The first-order valence-corrected chi connectivity index (χ1v) is 18.4. The Morgan fingerprint density at radius 1 is 0.509 bits per heavy atom. The van der Waals surface area contributed by atoms with Crippen molar-refractivity contribution in [3.8, 4) is 0 Å². The molecular weight excluding hydrogens is 782 g/mol. The van der Waals surface area contributed by atoms with Crippen molar-refractivity contribution in [2.45, 2.75) is 168 Å². The zero-order valence-corrected chi connectivity index (χ0v) is 30.7. The first-order chi connectivity index (χ1) is 26.9. The Balaban J connectivity index is 1.43. The molecule has 57 heavy (non-hydrogen) atoms. The fraction of sp³-hybridized carbons (Fsp3) is 0.969. The molecule has 0 aromatic carbocycles. The van der Waals surface area contributed by atoms with Crippen LogP contribution in [0.2, 0.25) is 0 Å². The number of aliphatic hydroxyl groups is 14. The molecule has 5 fully saturated rings. The quantitative estimate of drug-likeness (QED) is 0.0819. The fourth-order valence-corrected chi connectivity index (χ4v) is 7.27. The van der Waals surface area contributed by atoms with Gasteiger partial charge in [0.2, 0.25) is 5.91 Å². The summed E-state index contributed by atoms with van der Waals surface area (Å²) in [5, 5.41) is 151. The molecule has 5 saturated heterocycles. The largest absolute Gasteiger partial charge is 0.394 e. The van der Waals surface area contributed by atoms with Gasteiger partial charge < -0.3 is 119 Å². The van der Waals surface area contributed by atoms with Gasteiger partial charge in [0.1, 0.15) is 104 Å². The zero-order chi connectivity index (χ0) is 42.0. The molecule has 0 unspecified atom stereocenters. The molecular formula is C32H55NO24. The lowest BCUT2D eigenvalue weighted by Crippen LogP contribution is -2.69. The Bertz CT molecular complexity index is 1270. The third-order valence-electron chi connectivity index (χ3n) is 10.6. The van der Waals surface area contributed by atoms with Crippen LogP contribution in [0.1, 0.15) is 20.3 Å². The lowest BCUT2D eigenvalue weighted by Gasteiger charge is -2.50. The molecule has 5 heterocycles. The molecule has 5 rings (SSSR count). The minimum absolute atomic E-state index is 0.196. The van der Waals surface area contributed by atoms with E-state index in [2.05, 4.69) is 5.32 Å². The maximum atomic E-state index is 12.0. The van der Waals surface area contributed by atoms with Crippen LogP contribution in [0, 0.1) is 0 Å². The van der Waals surface area contributed by atoms with Gasteiger partial charge in [0.25, 0.3) is 0 Å². The van der Waals surface area contributed by atoms with Gasteiger partial charge in [0.15, 0.2) is 31.5 Å². The Labute approximate surface area is 324 Å². The van der Waals surface area contributed by atoms with Gasteiger partial charge in [0, 0.05) is 13.3 Å². The first kappa shape index (κ1) is 46.6. The van der Waals surface area contributed by atoms with Crippen molar-refractivity contribution >= 4 is 5.91 Å². The molecule has 1 amide bonds. The van der Waals surface area contributed by atoms with Crippen LogP contribution in [-0.2, 0) is 47.4 Å². The summed E-state index contributed by atoms with van der Waals surface area (Å²) in [5.74, 6) is -0.725. The molecule has 25 nitrogen and oxygen atoms in total. The summed E-state index contributed by atoms with van der Waals surface area (Å²) in [6, 6.07) is -1.55. The molecule has 0 radical (unpaired) electrons. The summed E-state index contributed by atoms with van der Waals surface area (Å²) in [4.78, 5) is 12.0. The summed E-state index contributed by atoms with van der Waals surface area (Å²) in [6.07, 6.45) is -40.3. The van der Waals surface area contributed by atoms with Crippen molar-refractivity contribution in [2.75, 3.05) is 26.4 Å². The van der Waals surface area contributed by atoms with E-state index in [4.69, 9.17) is 42.6 Å². The molecule has 0 spiro atoms. The fourth-order valence-electron chi connectivity index (χ4n) is 7.27. The smallest absolute Gasteiger partial charge is 0.217 e. The van der Waals surface area contributed by atoms with E-state index < -0.39 is 180 Å². The highest BCUT2D eigenvalue weighted by atomic mass is 16.8. The highest BCUT2D eigenvalue weighted by Crippen LogP contribution is 2.36. The van der Waals surface area contributed by atoms with Crippen molar-refractivity contribution < 1.29 is 119 Å². The highest BCUT2D eigenvalue weighted by Gasteiger charge is 2.57. The number of aliphatic hydroxyl groups excluding tert-OH is 14. The van der Waals surface area contributed by atoms with E-state index >= 15 is 0 Å². The standard InChI is InChI=1S/C32H55NO24/c1-8-10(39)3-11(40)29(49-8)55-25-20(44)15(7-37)51-30(23(25)47)56-26-21(45)17(41)13(5-35)53-32(26)57-27-22(46)18(42)12(4-34)52-31(27)54-24-16(33-9(2)38)28(48)50-14(6-36)19(24)43/h8,10-32,34-37,39-48H,3-7H2,1-2H3,(H,33,38)/t8-,10-,11-,12-,13-,14-,15-,16-,17-,18-,19+,20-,21+,22+,23+,24-,25+,26+,27+,28+,29-,30-,31+,32-/m1/s1. The van der Waals surface area contributed by atoms with Crippen LogP contribution in [0.5, 0.6) is 0 Å².